The molecule has 0 aliphatic heterocycles. The van der Waals surface area contributed by atoms with Crippen LogP contribution in [0.15, 0.2) is 18.2 Å². The third-order valence-electron chi connectivity index (χ3n) is 2.56. The summed E-state index contributed by atoms with van der Waals surface area (Å²) in [5.41, 5.74) is 0.453. The normalized spacial score (nSPS) is 11.4. The lowest BCUT2D eigenvalue weighted by atomic mass is 10.1. The number of aliphatic hydroxyl groups excluding tert-OH is 2. The molecule has 0 spiro atoms. The Kier molecular flexibility index (Phi) is 6.62. The van der Waals surface area contributed by atoms with Gasteiger partial charge in [-0.3, -0.25) is 4.90 Å². The first-order chi connectivity index (χ1) is 9.85. The summed E-state index contributed by atoms with van der Waals surface area (Å²) in [6.07, 6.45) is -4.38. The molecule has 0 heterocycles. The van der Waals surface area contributed by atoms with E-state index in [0.717, 1.165) is 11.0 Å². The molecule has 0 saturated carbocycles. The molecule has 0 fully saturated rings. The van der Waals surface area contributed by atoms with E-state index in [9.17, 15) is 17.6 Å². The van der Waals surface area contributed by atoms with Crippen LogP contribution in [-0.2, 0) is 6.54 Å². The maximum absolute atomic E-state index is 13.4. The third kappa shape index (κ3) is 6.58. The van der Waals surface area contributed by atoms with Gasteiger partial charge < -0.3 is 10.2 Å². The first-order valence-corrected chi connectivity index (χ1v) is 6.14. The largest absolute Gasteiger partial charge is 0.401 e. The SMILES string of the molecule is OCC#Cc1cc(CN(CCO)CC(F)(F)F)ccc1F. The highest BCUT2D eigenvalue weighted by molar-refractivity contribution is 5.38. The molecule has 0 amide bonds. The number of hydrogen-bond donors (Lipinski definition) is 2. The smallest absolute Gasteiger partial charge is 0.395 e. The molecule has 2 N–H and O–H groups in total. The fourth-order valence-corrected chi connectivity index (χ4v) is 1.77. The molecule has 7 heteroatoms. The Morgan fingerprint density at radius 1 is 1.19 bits per heavy atom. The molecule has 0 saturated heterocycles. The van der Waals surface area contributed by atoms with Crippen molar-refractivity contribution >= 4 is 0 Å². The van der Waals surface area contributed by atoms with E-state index >= 15 is 0 Å². The Balaban J connectivity index is 2.88. The van der Waals surface area contributed by atoms with Crippen LogP contribution in [0.4, 0.5) is 17.6 Å². The number of hydrogen-bond acceptors (Lipinski definition) is 3. The summed E-state index contributed by atoms with van der Waals surface area (Å²) in [5.74, 6) is 4.07. The summed E-state index contributed by atoms with van der Waals surface area (Å²) in [5, 5.41) is 17.4. The number of alkyl halides is 3. The highest BCUT2D eigenvalue weighted by Crippen LogP contribution is 2.18. The molecule has 0 unspecified atom stereocenters. The molecule has 1 aromatic rings. The Morgan fingerprint density at radius 2 is 1.90 bits per heavy atom. The number of nitrogens with zero attached hydrogens (tertiary/aromatic N) is 1. The maximum Gasteiger partial charge on any atom is 0.401 e. The zero-order chi connectivity index (χ0) is 15.9. The van der Waals surface area contributed by atoms with Crippen LogP contribution in [0.25, 0.3) is 0 Å². The van der Waals surface area contributed by atoms with Crippen LogP contribution in [-0.4, -0.2) is 47.6 Å². The van der Waals surface area contributed by atoms with E-state index in [4.69, 9.17) is 10.2 Å². The summed E-state index contributed by atoms with van der Waals surface area (Å²) in [6.45, 7) is -2.24. The van der Waals surface area contributed by atoms with Crippen molar-refractivity contribution in [2.75, 3.05) is 26.3 Å². The predicted octanol–water partition coefficient (Wildman–Crippen LogP) is 1.53. The van der Waals surface area contributed by atoms with Gasteiger partial charge in [0, 0.05) is 13.1 Å². The Morgan fingerprint density at radius 3 is 2.48 bits per heavy atom. The van der Waals surface area contributed by atoms with E-state index in [1.807, 2.05) is 0 Å². The lowest BCUT2D eigenvalue weighted by molar-refractivity contribution is -0.147. The fourth-order valence-electron chi connectivity index (χ4n) is 1.77. The van der Waals surface area contributed by atoms with E-state index < -0.39 is 31.8 Å². The monoisotopic (exact) mass is 305 g/mol. The van der Waals surface area contributed by atoms with Gasteiger partial charge in [0.05, 0.1) is 18.7 Å². The zero-order valence-electron chi connectivity index (χ0n) is 11.1. The molecule has 116 valence electrons. The second-order valence-electron chi connectivity index (χ2n) is 4.32. The molecule has 0 aliphatic carbocycles. The van der Waals surface area contributed by atoms with Crippen LogP contribution < -0.4 is 0 Å². The lowest BCUT2D eigenvalue weighted by Crippen LogP contribution is -2.35. The van der Waals surface area contributed by atoms with Gasteiger partial charge in [0.2, 0.25) is 0 Å². The zero-order valence-corrected chi connectivity index (χ0v) is 11.1. The Labute approximate surface area is 119 Å². The summed E-state index contributed by atoms with van der Waals surface area (Å²) in [4.78, 5) is 1.01. The number of rotatable bonds is 5. The molecular weight excluding hydrogens is 290 g/mol. The van der Waals surface area contributed by atoms with Gasteiger partial charge in [0.25, 0.3) is 0 Å². The van der Waals surface area contributed by atoms with Gasteiger partial charge >= 0.3 is 6.18 Å². The van der Waals surface area contributed by atoms with Gasteiger partial charge in [-0.2, -0.15) is 13.2 Å². The summed E-state index contributed by atoms with van der Waals surface area (Å²) in [6, 6.07) is 3.81. The molecule has 0 aromatic heterocycles. The van der Waals surface area contributed by atoms with Crippen molar-refractivity contribution in [3.63, 3.8) is 0 Å². The molecule has 1 rings (SSSR count). The Hall–Kier alpha value is -1.62. The minimum Gasteiger partial charge on any atom is -0.395 e. The maximum atomic E-state index is 13.4. The van der Waals surface area contributed by atoms with Gasteiger partial charge in [-0.1, -0.05) is 17.9 Å². The topological polar surface area (TPSA) is 43.7 Å². The van der Waals surface area contributed by atoms with E-state index in [1.54, 1.807) is 0 Å². The molecule has 21 heavy (non-hydrogen) atoms. The lowest BCUT2D eigenvalue weighted by Gasteiger charge is -2.22. The van der Waals surface area contributed by atoms with Gasteiger partial charge in [0.15, 0.2) is 0 Å². The van der Waals surface area contributed by atoms with E-state index in [2.05, 4.69) is 11.8 Å². The highest BCUT2D eigenvalue weighted by Gasteiger charge is 2.30. The quantitative estimate of drug-likeness (QED) is 0.640. The van der Waals surface area contributed by atoms with Gasteiger partial charge in [-0.25, -0.2) is 4.39 Å². The average Bonchev–Trinajstić information content (AvgIpc) is 2.38. The summed E-state index contributed by atoms with van der Waals surface area (Å²) >= 11 is 0. The van der Waals surface area contributed by atoms with Crippen molar-refractivity contribution in [1.29, 1.82) is 0 Å². The van der Waals surface area contributed by atoms with E-state index in [0.29, 0.717) is 5.56 Å². The van der Waals surface area contributed by atoms with Crippen LogP contribution >= 0.6 is 0 Å². The third-order valence-corrected chi connectivity index (χ3v) is 2.56. The minimum atomic E-state index is -4.38. The summed E-state index contributed by atoms with van der Waals surface area (Å²) in [7, 11) is 0. The number of benzene rings is 1. The fraction of sp³-hybridized carbons (Fsp3) is 0.429. The van der Waals surface area contributed by atoms with Gasteiger partial charge in [0.1, 0.15) is 12.4 Å². The molecular formula is C14H15F4NO2. The molecule has 0 bridgehead atoms. The first kappa shape index (κ1) is 17.4. The summed E-state index contributed by atoms with van der Waals surface area (Å²) < 4.78 is 50.7. The van der Waals surface area contributed by atoms with Gasteiger partial charge in [-0.05, 0) is 17.7 Å². The second kappa shape index (κ2) is 7.98. The van der Waals surface area contributed by atoms with Crippen molar-refractivity contribution in [1.82, 2.24) is 4.90 Å². The van der Waals surface area contributed by atoms with Crippen LogP contribution in [0, 0.1) is 17.7 Å². The predicted molar refractivity (Wildman–Crippen MR) is 68.8 cm³/mol. The highest BCUT2D eigenvalue weighted by atomic mass is 19.4. The number of halogens is 4. The van der Waals surface area contributed by atoms with Crippen LogP contribution in [0.5, 0.6) is 0 Å². The molecule has 0 aliphatic rings. The van der Waals surface area contributed by atoms with Crippen LogP contribution in [0.1, 0.15) is 11.1 Å². The van der Waals surface area contributed by atoms with Crippen molar-refractivity contribution in [3.8, 4) is 11.8 Å². The minimum absolute atomic E-state index is 0.0116. The van der Waals surface area contributed by atoms with Crippen molar-refractivity contribution < 1.29 is 27.8 Å². The van der Waals surface area contributed by atoms with E-state index in [-0.39, 0.29) is 18.7 Å². The van der Waals surface area contributed by atoms with Crippen LogP contribution in [0.3, 0.4) is 0 Å². The van der Waals surface area contributed by atoms with Crippen molar-refractivity contribution in [2.24, 2.45) is 0 Å². The average molecular weight is 305 g/mol. The van der Waals surface area contributed by atoms with Crippen molar-refractivity contribution in [3.05, 3.63) is 35.1 Å². The number of aliphatic hydroxyl groups is 2. The standard InChI is InChI=1S/C14H15F4NO2/c15-13-4-3-11(8-12(13)2-1-6-20)9-19(5-7-21)10-14(16,17)18/h3-4,8,20-21H,5-7,9-10H2. The Bertz CT molecular complexity index is 520. The molecule has 1 aromatic carbocycles. The molecule has 0 radical (unpaired) electrons. The van der Waals surface area contributed by atoms with E-state index in [1.165, 1.54) is 12.1 Å². The molecule has 3 nitrogen and oxygen atoms in total. The first-order valence-electron chi connectivity index (χ1n) is 6.14. The van der Waals surface area contributed by atoms with Crippen molar-refractivity contribution in [2.45, 2.75) is 12.7 Å². The molecule has 0 atom stereocenters. The van der Waals surface area contributed by atoms with Gasteiger partial charge in [-0.15, -0.1) is 0 Å². The van der Waals surface area contributed by atoms with Crippen LogP contribution in [0.2, 0.25) is 0 Å². The second-order valence-corrected chi connectivity index (χ2v) is 4.32.